The zero-order valence-electron chi connectivity index (χ0n) is 11.5. The Hall–Kier alpha value is -0.620. The zero-order valence-corrected chi connectivity index (χ0v) is 13.1. The molecular formula is C13H21N3OS2. The molecule has 0 aliphatic heterocycles. The molecule has 1 aromatic rings. The van der Waals surface area contributed by atoms with Gasteiger partial charge in [0, 0.05) is 5.25 Å². The third-order valence-electron chi connectivity index (χ3n) is 3.33. The quantitative estimate of drug-likeness (QED) is 0.902. The van der Waals surface area contributed by atoms with E-state index in [1.165, 1.54) is 43.4 Å². The van der Waals surface area contributed by atoms with Crippen LogP contribution in [0.1, 0.15) is 50.5 Å². The minimum Gasteiger partial charge on any atom is -0.300 e. The van der Waals surface area contributed by atoms with E-state index in [0.29, 0.717) is 10.4 Å². The van der Waals surface area contributed by atoms with Crippen LogP contribution in [0.15, 0.2) is 0 Å². The van der Waals surface area contributed by atoms with Gasteiger partial charge in [0.05, 0.1) is 5.25 Å². The van der Waals surface area contributed by atoms with E-state index in [1.807, 2.05) is 18.7 Å². The highest BCUT2D eigenvalue weighted by Crippen LogP contribution is 2.32. The summed E-state index contributed by atoms with van der Waals surface area (Å²) in [6, 6.07) is 0. The zero-order chi connectivity index (χ0) is 13.7. The average Bonchev–Trinajstić information content (AvgIpc) is 2.82. The number of rotatable bonds is 5. The molecule has 1 unspecified atom stereocenters. The molecule has 106 valence electrons. The molecule has 1 aliphatic rings. The van der Waals surface area contributed by atoms with Crippen molar-refractivity contribution < 1.29 is 4.79 Å². The van der Waals surface area contributed by atoms with Gasteiger partial charge in [-0.05, 0) is 26.2 Å². The lowest BCUT2D eigenvalue weighted by Gasteiger charge is -2.24. The van der Waals surface area contributed by atoms with Crippen molar-refractivity contribution in [1.82, 2.24) is 10.2 Å². The predicted molar refractivity (Wildman–Crippen MR) is 81.8 cm³/mol. The summed E-state index contributed by atoms with van der Waals surface area (Å²) < 4.78 is 0. The lowest BCUT2D eigenvalue weighted by atomic mass is 10.0. The fourth-order valence-electron chi connectivity index (χ4n) is 2.31. The molecule has 0 spiro atoms. The summed E-state index contributed by atoms with van der Waals surface area (Å²) in [5.41, 5.74) is 0. The number of aryl methyl sites for hydroxylation is 1. The van der Waals surface area contributed by atoms with Crippen LogP contribution in [-0.4, -0.2) is 26.6 Å². The number of nitrogens with zero attached hydrogens (tertiary/aromatic N) is 2. The van der Waals surface area contributed by atoms with Crippen LogP contribution in [0.3, 0.4) is 0 Å². The molecule has 0 radical (unpaired) electrons. The summed E-state index contributed by atoms with van der Waals surface area (Å²) in [7, 11) is 0. The standard InChI is InChI=1S/C13H21N3OS2/c1-3-11(19-10-7-5-4-6-8-10)12(17)14-13-16-15-9(2)18-13/h10-11H,3-8H2,1-2H3,(H,14,16,17). The first-order chi connectivity index (χ1) is 9.19. The summed E-state index contributed by atoms with van der Waals surface area (Å²) in [4.78, 5) is 12.2. The molecule has 1 aromatic heterocycles. The van der Waals surface area contributed by atoms with Crippen molar-refractivity contribution in [3.8, 4) is 0 Å². The second kappa shape index (κ2) is 7.24. The fraction of sp³-hybridized carbons (Fsp3) is 0.769. The van der Waals surface area contributed by atoms with E-state index >= 15 is 0 Å². The van der Waals surface area contributed by atoms with Gasteiger partial charge in [-0.15, -0.1) is 22.0 Å². The van der Waals surface area contributed by atoms with Crippen LogP contribution < -0.4 is 5.32 Å². The van der Waals surface area contributed by atoms with Gasteiger partial charge in [0.15, 0.2) is 0 Å². The van der Waals surface area contributed by atoms with Crippen molar-refractivity contribution in [2.45, 2.75) is 62.9 Å². The number of amides is 1. The number of aromatic nitrogens is 2. The van der Waals surface area contributed by atoms with E-state index in [1.54, 1.807) is 0 Å². The van der Waals surface area contributed by atoms with Gasteiger partial charge in [0.1, 0.15) is 5.01 Å². The first-order valence-corrected chi connectivity index (χ1v) is 8.71. The molecule has 0 aromatic carbocycles. The molecule has 1 saturated carbocycles. The Morgan fingerprint density at radius 2 is 2.16 bits per heavy atom. The Kier molecular flexibility index (Phi) is 5.63. The Balaban J connectivity index is 1.87. The summed E-state index contributed by atoms with van der Waals surface area (Å²) >= 11 is 3.27. The lowest BCUT2D eigenvalue weighted by molar-refractivity contribution is -0.115. The van der Waals surface area contributed by atoms with Gasteiger partial charge >= 0.3 is 0 Å². The smallest absolute Gasteiger partial charge is 0.239 e. The maximum absolute atomic E-state index is 12.2. The van der Waals surface area contributed by atoms with Gasteiger partial charge in [-0.25, -0.2) is 0 Å². The van der Waals surface area contributed by atoms with Crippen molar-refractivity contribution in [2.75, 3.05) is 5.32 Å². The Morgan fingerprint density at radius 1 is 1.42 bits per heavy atom. The van der Waals surface area contributed by atoms with Crippen molar-refractivity contribution in [2.24, 2.45) is 0 Å². The Labute approximate surface area is 122 Å². The van der Waals surface area contributed by atoms with Crippen molar-refractivity contribution in [3.63, 3.8) is 0 Å². The van der Waals surface area contributed by atoms with Gasteiger partial charge < -0.3 is 0 Å². The van der Waals surface area contributed by atoms with Gasteiger partial charge in [0.2, 0.25) is 11.0 Å². The molecule has 0 bridgehead atoms. The SMILES string of the molecule is CCC(SC1CCCCC1)C(=O)Nc1nnc(C)s1. The lowest BCUT2D eigenvalue weighted by Crippen LogP contribution is -2.27. The largest absolute Gasteiger partial charge is 0.300 e. The number of hydrogen-bond donors (Lipinski definition) is 1. The molecule has 4 nitrogen and oxygen atoms in total. The second-order valence-electron chi connectivity index (χ2n) is 4.91. The van der Waals surface area contributed by atoms with E-state index < -0.39 is 0 Å². The average molecular weight is 299 g/mol. The van der Waals surface area contributed by atoms with Crippen LogP contribution in [0.2, 0.25) is 0 Å². The molecule has 2 rings (SSSR count). The van der Waals surface area contributed by atoms with Crippen molar-refractivity contribution in [3.05, 3.63) is 5.01 Å². The Bertz CT molecular complexity index is 416. The molecule has 1 aliphatic carbocycles. The van der Waals surface area contributed by atoms with Crippen LogP contribution >= 0.6 is 23.1 Å². The van der Waals surface area contributed by atoms with Crippen molar-refractivity contribution >= 4 is 34.1 Å². The van der Waals surface area contributed by atoms with Crippen molar-refractivity contribution in [1.29, 1.82) is 0 Å². The first kappa shape index (κ1) is 14.8. The van der Waals surface area contributed by atoms with Gasteiger partial charge in [-0.2, -0.15) is 0 Å². The summed E-state index contributed by atoms with van der Waals surface area (Å²) in [6.07, 6.45) is 7.35. The molecule has 1 heterocycles. The topological polar surface area (TPSA) is 54.9 Å². The second-order valence-corrected chi connectivity index (χ2v) is 7.60. The number of carbonyl (C=O) groups excluding carboxylic acids is 1. The molecule has 1 fully saturated rings. The third kappa shape index (κ3) is 4.45. The third-order valence-corrected chi connectivity index (χ3v) is 5.81. The van der Waals surface area contributed by atoms with Gasteiger partial charge in [-0.3, -0.25) is 10.1 Å². The van der Waals surface area contributed by atoms with Crippen LogP contribution in [0.5, 0.6) is 0 Å². The summed E-state index contributed by atoms with van der Waals surface area (Å²) in [5.74, 6) is 0.0780. The number of nitrogens with one attached hydrogen (secondary N) is 1. The minimum atomic E-state index is 0.0345. The molecular weight excluding hydrogens is 278 g/mol. The van der Waals surface area contributed by atoms with E-state index in [9.17, 15) is 4.79 Å². The first-order valence-electron chi connectivity index (χ1n) is 6.95. The molecule has 19 heavy (non-hydrogen) atoms. The number of thioether (sulfide) groups is 1. The maximum Gasteiger partial charge on any atom is 0.239 e. The van der Waals surface area contributed by atoms with E-state index in [4.69, 9.17) is 0 Å². The molecule has 1 N–H and O–H groups in total. The highest BCUT2D eigenvalue weighted by atomic mass is 32.2. The molecule has 1 amide bonds. The number of anilines is 1. The highest BCUT2D eigenvalue weighted by molar-refractivity contribution is 8.01. The molecule has 6 heteroatoms. The Morgan fingerprint density at radius 3 is 2.74 bits per heavy atom. The molecule has 0 saturated heterocycles. The van der Waals surface area contributed by atoms with E-state index in [-0.39, 0.29) is 11.2 Å². The van der Waals surface area contributed by atoms with E-state index in [2.05, 4.69) is 22.4 Å². The van der Waals surface area contributed by atoms with Gasteiger partial charge in [0.25, 0.3) is 0 Å². The van der Waals surface area contributed by atoms with Crippen LogP contribution in [-0.2, 0) is 4.79 Å². The summed E-state index contributed by atoms with van der Waals surface area (Å²) in [5, 5.41) is 12.9. The van der Waals surface area contributed by atoms with Crippen LogP contribution in [0.4, 0.5) is 5.13 Å². The maximum atomic E-state index is 12.2. The van der Waals surface area contributed by atoms with Gasteiger partial charge in [-0.1, -0.05) is 37.5 Å². The van der Waals surface area contributed by atoms with E-state index in [0.717, 1.165) is 11.4 Å². The normalized spacial score (nSPS) is 18.2. The fourth-order valence-corrected chi connectivity index (χ4v) is 4.35. The minimum absolute atomic E-state index is 0.0345. The monoisotopic (exact) mass is 299 g/mol. The molecule has 1 atom stereocenters. The van der Waals surface area contributed by atoms with Crippen LogP contribution in [0, 0.1) is 6.92 Å². The summed E-state index contributed by atoms with van der Waals surface area (Å²) in [6.45, 7) is 3.97. The number of hydrogen-bond acceptors (Lipinski definition) is 5. The highest BCUT2D eigenvalue weighted by Gasteiger charge is 2.24. The number of carbonyl (C=O) groups is 1. The van der Waals surface area contributed by atoms with Crippen LogP contribution in [0.25, 0.3) is 0 Å². The predicted octanol–water partition coefficient (Wildman–Crippen LogP) is 3.63.